The molecule has 4 aromatic rings. The number of fused-ring (bicyclic) bond motifs is 1. The van der Waals surface area contributed by atoms with E-state index in [2.05, 4.69) is 33.5 Å². The van der Waals surface area contributed by atoms with E-state index in [9.17, 15) is 9.59 Å². The highest BCUT2D eigenvalue weighted by atomic mass is 32.2. The average molecular weight is 395 g/mol. The number of hydrogen-bond acceptors (Lipinski definition) is 6. The van der Waals surface area contributed by atoms with Crippen LogP contribution in [0.2, 0.25) is 0 Å². The summed E-state index contributed by atoms with van der Waals surface area (Å²) in [6.07, 6.45) is 1.63. The van der Waals surface area contributed by atoms with E-state index in [1.54, 1.807) is 24.5 Å². The molecule has 2 N–H and O–H groups in total. The van der Waals surface area contributed by atoms with Crippen molar-refractivity contribution in [3.63, 3.8) is 0 Å². The van der Waals surface area contributed by atoms with Crippen molar-refractivity contribution in [3.8, 4) is 5.69 Å². The quantitative estimate of drug-likeness (QED) is 0.503. The minimum atomic E-state index is -0.528. The molecule has 28 heavy (non-hydrogen) atoms. The minimum absolute atomic E-state index is 0.170. The van der Waals surface area contributed by atoms with Gasteiger partial charge in [0.1, 0.15) is 6.33 Å². The van der Waals surface area contributed by atoms with Crippen molar-refractivity contribution >= 4 is 34.5 Å². The van der Waals surface area contributed by atoms with Crippen LogP contribution in [0.25, 0.3) is 16.8 Å². The highest BCUT2D eigenvalue weighted by Gasteiger charge is 2.12. The Morgan fingerprint density at radius 2 is 2.07 bits per heavy atom. The summed E-state index contributed by atoms with van der Waals surface area (Å²) in [5, 5.41) is 11.5. The third-order valence-corrected chi connectivity index (χ3v) is 5.26. The van der Waals surface area contributed by atoms with Crippen LogP contribution in [-0.4, -0.2) is 31.4 Å². The first kappa shape index (κ1) is 18.1. The van der Waals surface area contributed by atoms with E-state index in [1.807, 2.05) is 23.6 Å². The van der Waals surface area contributed by atoms with E-state index in [1.165, 1.54) is 22.9 Å². The molecule has 0 unspecified atom stereocenters. The van der Waals surface area contributed by atoms with E-state index < -0.39 is 5.76 Å². The van der Waals surface area contributed by atoms with E-state index in [4.69, 9.17) is 4.42 Å². The van der Waals surface area contributed by atoms with E-state index in [0.717, 1.165) is 5.69 Å². The summed E-state index contributed by atoms with van der Waals surface area (Å²) >= 11 is 1.29. The largest absolute Gasteiger partial charge is 0.417 e. The number of aromatic nitrogens is 4. The minimum Gasteiger partial charge on any atom is -0.408 e. The van der Waals surface area contributed by atoms with Crippen LogP contribution >= 0.6 is 11.8 Å². The zero-order valence-electron chi connectivity index (χ0n) is 15.2. The van der Waals surface area contributed by atoms with Crippen LogP contribution in [0.1, 0.15) is 11.1 Å². The fourth-order valence-electron chi connectivity index (χ4n) is 2.73. The van der Waals surface area contributed by atoms with E-state index in [-0.39, 0.29) is 11.7 Å². The Balaban J connectivity index is 1.44. The predicted octanol–water partition coefficient (Wildman–Crippen LogP) is 3.05. The molecule has 4 rings (SSSR count). The van der Waals surface area contributed by atoms with Crippen molar-refractivity contribution in [2.24, 2.45) is 0 Å². The molecule has 0 aliphatic carbocycles. The second-order valence-corrected chi connectivity index (χ2v) is 7.26. The van der Waals surface area contributed by atoms with Gasteiger partial charge in [-0.25, -0.2) is 4.79 Å². The zero-order chi connectivity index (χ0) is 19.7. The van der Waals surface area contributed by atoms with Gasteiger partial charge in [-0.2, -0.15) is 0 Å². The first-order chi connectivity index (χ1) is 13.5. The van der Waals surface area contributed by atoms with Gasteiger partial charge < -0.3 is 9.73 Å². The second-order valence-electron chi connectivity index (χ2n) is 6.31. The highest BCUT2D eigenvalue weighted by molar-refractivity contribution is 7.99. The standard InChI is InChI=1S/C19H17N5O3S/c1-11-3-5-14(7-12(11)2)24-10-20-23-18(24)28-9-17(25)21-13-4-6-16-15(8-13)22-19(26)27-16/h3-8,10H,9H2,1-2H3,(H,21,25)(H,22,26). The molecular formula is C19H17N5O3S. The number of aryl methyl sites for hydroxylation is 2. The maximum atomic E-state index is 12.3. The molecule has 0 saturated heterocycles. The van der Waals surface area contributed by atoms with Crippen LogP contribution in [0, 0.1) is 13.8 Å². The van der Waals surface area contributed by atoms with E-state index >= 15 is 0 Å². The lowest BCUT2D eigenvalue weighted by Gasteiger charge is -2.09. The van der Waals surface area contributed by atoms with Gasteiger partial charge in [-0.15, -0.1) is 10.2 Å². The van der Waals surface area contributed by atoms with Crippen LogP contribution in [0.5, 0.6) is 0 Å². The Morgan fingerprint density at radius 1 is 1.21 bits per heavy atom. The van der Waals surface area contributed by atoms with Crippen LogP contribution in [0.4, 0.5) is 5.69 Å². The summed E-state index contributed by atoms with van der Waals surface area (Å²) in [6, 6.07) is 11.1. The maximum Gasteiger partial charge on any atom is 0.417 e. The Hall–Kier alpha value is -3.33. The van der Waals surface area contributed by atoms with Crippen molar-refractivity contribution in [1.82, 2.24) is 19.7 Å². The normalized spacial score (nSPS) is 11.1. The molecule has 142 valence electrons. The second kappa shape index (κ2) is 7.35. The predicted molar refractivity (Wildman–Crippen MR) is 107 cm³/mol. The molecule has 9 heteroatoms. The number of carbonyl (C=O) groups excluding carboxylic acids is 1. The molecule has 2 heterocycles. The molecule has 2 aromatic carbocycles. The average Bonchev–Trinajstić information content (AvgIpc) is 3.27. The van der Waals surface area contributed by atoms with Gasteiger partial charge in [-0.1, -0.05) is 17.8 Å². The van der Waals surface area contributed by atoms with Crippen LogP contribution < -0.4 is 11.1 Å². The van der Waals surface area contributed by atoms with Gasteiger partial charge in [0.05, 0.1) is 11.3 Å². The Morgan fingerprint density at radius 3 is 2.89 bits per heavy atom. The molecule has 0 aliphatic rings. The summed E-state index contributed by atoms with van der Waals surface area (Å²) < 4.78 is 6.80. The van der Waals surface area contributed by atoms with Crippen molar-refractivity contribution < 1.29 is 9.21 Å². The number of thioether (sulfide) groups is 1. The summed E-state index contributed by atoms with van der Waals surface area (Å²) in [7, 11) is 0. The number of amides is 1. The lowest BCUT2D eigenvalue weighted by atomic mass is 10.1. The van der Waals surface area contributed by atoms with Gasteiger partial charge in [0.25, 0.3) is 0 Å². The van der Waals surface area contributed by atoms with Crippen molar-refractivity contribution in [1.29, 1.82) is 0 Å². The summed E-state index contributed by atoms with van der Waals surface area (Å²) in [4.78, 5) is 26.1. The summed E-state index contributed by atoms with van der Waals surface area (Å²) in [5.74, 6) is -0.548. The van der Waals surface area contributed by atoms with E-state index in [0.29, 0.717) is 21.9 Å². The summed E-state index contributed by atoms with van der Waals surface area (Å²) in [5.41, 5.74) is 4.88. The number of hydrogen-bond donors (Lipinski definition) is 2. The lowest BCUT2D eigenvalue weighted by molar-refractivity contribution is -0.113. The molecule has 2 aromatic heterocycles. The summed E-state index contributed by atoms with van der Waals surface area (Å²) in [6.45, 7) is 4.11. The van der Waals surface area contributed by atoms with Gasteiger partial charge in [0, 0.05) is 11.4 Å². The number of anilines is 1. The van der Waals surface area contributed by atoms with Crippen LogP contribution in [-0.2, 0) is 4.79 Å². The van der Waals surface area contributed by atoms with Crippen LogP contribution in [0.3, 0.4) is 0 Å². The third-order valence-electron chi connectivity index (χ3n) is 4.32. The molecule has 0 radical (unpaired) electrons. The number of aromatic amines is 1. The Bertz CT molecular complexity index is 1220. The van der Waals surface area contributed by atoms with Gasteiger partial charge in [-0.05, 0) is 55.3 Å². The van der Waals surface area contributed by atoms with Gasteiger partial charge >= 0.3 is 5.76 Å². The first-order valence-corrected chi connectivity index (χ1v) is 9.51. The SMILES string of the molecule is Cc1ccc(-n2cnnc2SCC(=O)Nc2ccc3oc(=O)[nH]c3c2)cc1C. The zero-order valence-corrected chi connectivity index (χ0v) is 16.0. The molecule has 0 atom stereocenters. The van der Waals surface area contributed by atoms with Crippen molar-refractivity contribution in [3.05, 3.63) is 64.4 Å². The molecule has 1 amide bonds. The van der Waals surface area contributed by atoms with Crippen molar-refractivity contribution in [2.45, 2.75) is 19.0 Å². The molecule has 0 fully saturated rings. The Kier molecular flexibility index (Phi) is 4.74. The van der Waals surface area contributed by atoms with Crippen LogP contribution in [0.15, 0.2) is 57.1 Å². The molecule has 0 saturated carbocycles. The lowest BCUT2D eigenvalue weighted by Crippen LogP contribution is -2.14. The van der Waals surface area contributed by atoms with Gasteiger partial charge in [-0.3, -0.25) is 14.3 Å². The fraction of sp³-hybridized carbons (Fsp3) is 0.158. The molecule has 8 nitrogen and oxygen atoms in total. The number of H-pyrrole nitrogens is 1. The number of oxazole rings is 1. The number of nitrogens with zero attached hydrogens (tertiary/aromatic N) is 3. The number of nitrogens with one attached hydrogen (secondary N) is 2. The fourth-order valence-corrected chi connectivity index (χ4v) is 3.46. The number of benzene rings is 2. The monoisotopic (exact) mass is 395 g/mol. The molecular weight excluding hydrogens is 378 g/mol. The third kappa shape index (κ3) is 3.70. The van der Waals surface area contributed by atoms with Gasteiger partial charge in [0.2, 0.25) is 5.91 Å². The topological polar surface area (TPSA) is 106 Å². The number of rotatable bonds is 5. The smallest absolute Gasteiger partial charge is 0.408 e. The molecule has 0 bridgehead atoms. The highest BCUT2D eigenvalue weighted by Crippen LogP contribution is 2.22. The van der Waals surface area contributed by atoms with Crippen molar-refractivity contribution in [2.75, 3.05) is 11.1 Å². The molecule has 0 aliphatic heterocycles. The van der Waals surface area contributed by atoms with Gasteiger partial charge in [0.15, 0.2) is 10.7 Å². The molecule has 0 spiro atoms. The maximum absolute atomic E-state index is 12.3. The first-order valence-electron chi connectivity index (χ1n) is 8.53. The number of carbonyl (C=O) groups is 1. The Labute approximate surface area is 164 Å².